The van der Waals surface area contributed by atoms with Crippen molar-refractivity contribution in [2.75, 3.05) is 7.11 Å². The fourth-order valence-electron chi connectivity index (χ4n) is 2.91. The van der Waals surface area contributed by atoms with Gasteiger partial charge in [-0.1, -0.05) is 36.4 Å². The lowest BCUT2D eigenvalue weighted by atomic mass is 10.0. The fraction of sp³-hybridized carbons (Fsp3) is 0.0500. The van der Waals surface area contributed by atoms with Crippen LogP contribution < -0.4 is 0 Å². The van der Waals surface area contributed by atoms with E-state index in [1.807, 2.05) is 48.7 Å². The normalized spacial score (nSPS) is 10.9. The maximum atomic E-state index is 11.8. The highest BCUT2D eigenvalue weighted by atomic mass is 16.5. The molecule has 4 nitrogen and oxygen atoms in total. The minimum Gasteiger partial charge on any atom is -0.465 e. The van der Waals surface area contributed by atoms with Gasteiger partial charge in [0.15, 0.2) is 0 Å². The smallest absolute Gasteiger partial charge is 0.337 e. The number of ether oxygens (including phenoxy) is 1. The molecule has 4 rings (SSSR count). The van der Waals surface area contributed by atoms with E-state index in [4.69, 9.17) is 9.72 Å². The molecule has 0 saturated carbocycles. The molecule has 0 unspecified atom stereocenters. The predicted molar refractivity (Wildman–Crippen MR) is 93.8 cm³/mol. The molecule has 116 valence electrons. The SMILES string of the molecule is COC(=O)c1ccc2c(c1)nc(-c1ccccc1)c1ccncc12. The van der Waals surface area contributed by atoms with Crippen LogP contribution in [0.4, 0.5) is 0 Å². The Bertz CT molecular complexity index is 1060. The van der Waals surface area contributed by atoms with Gasteiger partial charge in [-0.15, -0.1) is 0 Å². The number of carbonyl (C=O) groups is 1. The zero-order valence-electron chi connectivity index (χ0n) is 13.1. The number of methoxy groups -OCH3 is 1. The molecular weight excluding hydrogens is 300 g/mol. The van der Waals surface area contributed by atoms with Crippen molar-refractivity contribution in [1.29, 1.82) is 0 Å². The lowest BCUT2D eigenvalue weighted by Gasteiger charge is -2.10. The minimum absolute atomic E-state index is 0.369. The number of benzene rings is 2. The molecule has 2 aromatic carbocycles. The third-order valence-corrected chi connectivity index (χ3v) is 4.06. The van der Waals surface area contributed by atoms with Crippen molar-refractivity contribution < 1.29 is 9.53 Å². The summed E-state index contributed by atoms with van der Waals surface area (Å²) in [5, 5.41) is 3.01. The number of pyridine rings is 2. The summed E-state index contributed by atoms with van der Waals surface area (Å²) in [7, 11) is 1.37. The molecule has 0 fully saturated rings. The topological polar surface area (TPSA) is 52.1 Å². The van der Waals surface area contributed by atoms with E-state index in [2.05, 4.69) is 4.98 Å². The van der Waals surface area contributed by atoms with Crippen LogP contribution in [0.5, 0.6) is 0 Å². The number of nitrogens with zero attached hydrogens (tertiary/aromatic N) is 2. The van der Waals surface area contributed by atoms with E-state index in [9.17, 15) is 4.79 Å². The Morgan fingerprint density at radius 3 is 2.58 bits per heavy atom. The molecule has 0 amide bonds. The Hall–Kier alpha value is -3.27. The average molecular weight is 314 g/mol. The van der Waals surface area contributed by atoms with Crippen molar-refractivity contribution in [3.63, 3.8) is 0 Å². The maximum Gasteiger partial charge on any atom is 0.337 e. The van der Waals surface area contributed by atoms with E-state index < -0.39 is 0 Å². The van der Waals surface area contributed by atoms with Gasteiger partial charge >= 0.3 is 5.97 Å². The Morgan fingerprint density at radius 1 is 0.958 bits per heavy atom. The van der Waals surface area contributed by atoms with Crippen LogP contribution >= 0.6 is 0 Å². The van der Waals surface area contributed by atoms with Gasteiger partial charge < -0.3 is 4.74 Å². The second-order valence-corrected chi connectivity index (χ2v) is 5.47. The van der Waals surface area contributed by atoms with Crippen LogP contribution in [0.25, 0.3) is 32.9 Å². The number of carbonyl (C=O) groups excluding carboxylic acids is 1. The molecule has 4 heteroatoms. The Balaban J connectivity index is 2.08. The van der Waals surface area contributed by atoms with Crippen LogP contribution in [0.15, 0.2) is 67.0 Å². The molecule has 0 bridgehead atoms. The summed E-state index contributed by atoms with van der Waals surface area (Å²) in [4.78, 5) is 20.9. The van der Waals surface area contributed by atoms with Gasteiger partial charge in [-0.3, -0.25) is 4.98 Å². The second kappa shape index (κ2) is 5.74. The van der Waals surface area contributed by atoms with Crippen LogP contribution in [0.1, 0.15) is 10.4 Å². The summed E-state index contributed by atoms with van der Waals surface area (Å²) < 4.78 is 4.81. The Kier molecular flexibility index (Phi) is 3.43. The van der Waals surface area contributed by atoms with Crippen LogP contribution in [-0.2, 0) is 4.74 Å². The monoisotopic (exact) mass is 314 g/mol. The van der Waals surface area contributed by atoms with Gasteiger partial charge in [0.05, 0.1) is 23.9 Å². The Labute approximate surface area is 138 Å². The zero-order valence-corrected chi connectivity index (χ0v) is 13.1. The highest BCUT2D eigenvalue weighted by molar-refractivity contribution is 6.11. The summed E-state index contributed by atoms with van der Waals surface area (Å²) in [6, 6.07) is 17.4. The molecule has 24 heavy (non-hydrogen) atoms. The van der Waals surface area contributed by atoms with Crippen molar-refractivity contribution in [2.24, 2.45) is 0 Å². The van der Waals surface area contributed by atoms with E-state index in [1.54, 1.807) is 18.3 Å². The molecule has 0 spiro atoms. The minimum atomic E-state index is -0.369. The summed E-state index contributed by atoms with van der Waals surface area (Å²) in [6.45, 7) is 0. The third-order valence-electron chi connectivity index (χ3n) is 4.06. The number of esters is 1. The molecule has 0 atom stereocenters. The average Bonchev–Trinajstić information content (AvgIpc) is 2.67. The van der Waals surface area contributed by atoms with E-state index in [0.717, 1.165) is 32.9 Å². The van der Waals surface area contributed by atoms with Crippen molar-refractivity contribution in [3.8, 4) is 11.3 Å². The highest BCUT2D eigenvalue weighted by Crippen LogP contribution is 2.32. The molecule has 2 heterocycles. The first kappa shape index (κ1) is 14.3. The van der Waals surface area contributed by atoms with E-state index in [-0.39, 0.29) is 5.97 Å². The van der Waals surface area contributed by atoms with Gasteiger partial charge in [0.2, 0.25) is 0 Å². The molecular formula is C20H14N2O2. The summed E-state index contributed by atoms with van der Waals surface area (Å²) in [5.41, 5.74) is 3.14. The van der Waals surface area contributed by atoms with Crippen LogP contribution in [0, 0.1) is 0 Å². The zero-order chi connectivity index (χ0) is 16.5. The molecule has 0 aliphatic carbocycles. The molecule has 4 aromatic rings. The number of rotatable bonds is 2. The summed E-state index contributed by atoms with van der Waals surface area (Å²) >= 11 is 0. The third kappa shape index (κ3) is 2.29. The van der Waals surface area contributed by atoms with E-state index in [0.29, 0.717) is 5.56 Å². The van der Waals surface area contributed by atoms with Gasteiger partial charge in [-0.2, -0.15) is 0 Å². The Morgan fingerprint density at radius 2 is 1.79 bits per heavy atom. The van der Waals surface area contributed by atoms with Crippen LogP contribution in [0.2, 0.25) is 0 Å². The largest absolute Gasteiger partial charge is 0.465 e. The lowest BCUT2D eigenvalue weighted by Crippen LogP contribution is -2.01. The quantitative estimate of drug-likeness (QED) is 0.410. The molecule has 0 aliphatic rings. The standard InChI is InChI=1S/C20H14N2O2/c1-24-20(23)14-7-8-15-17-12-21-10-9-16(17)19(22-18(15)11-14)13-5-3-2-4-6-13/h2-12H,1H3. The van der Waals surface area contributed by atoms with Crippen molar-refractivity contribution in [2.45, 2.75) is 0 Å². The molecule has 0 radical (unpaired) electrons. The highest BCUT2D eigenvalue weighted by Gasteiger charge is 2.12. The van der Waals surface area contributed by atoms with Crippen molar-refractivity contribution in [1.82, 2.24) is 9.97 Å². The summed E-state index contributed by atoms with van der Waals surface area (Å²) in [5.74, 6) is -0.369. The summed E-state index contributed by atoms with van der Waals surface area (Å²) in [6.07, 6.45) is 3.61. The van der Waals surface area contributed by atoms with Gasteiger partial charge in [-0.05, 0) is 18.2 Å². The number of hydrogen-bond acceptors (Lipinski definition) is 4. The molecule has 0 aliphatic heterocycles. The van der Waals surface area contributed by atoms with E-state index in [1.165, 1.54) is 7.11 Å². The number of fused-ring (bicyclic) bond motifs is 3. The lowest BCUT2D eigenvalue weighted by molar-refractivity contribution is 0.0601. The predicted octanol–water partition coefficient (Wildman–Crippen LogP) is 4.24. The second-order valence-electron chi connectivity index (χ2n) is 5.47. The van der Waals surface area contributed by atoms with Gasteiger partial charge in [-0.25, -0.2) is 9.78 Å². The first-order valence-corrected chi connectivity index (χ1v) is 7.59. The van der Waals surface area contributed by atoms with Crippen molar-refractivity contribution >= 4 is 27.6 Å². The maximum absolute atomic E-state index is 11.8. The number of hydrogen-bond donors (Lipinski definition) is 0. The van der Waals surface area contributed by atoms with Crippen LogP contribution in [-0.4, -0.2) is 23.0 Å². The van der Waals surface area contributed by atoms with Crippen LogP contribution in [0.3, 0.4) is 0 Å². The van der Waals surface area contributed by atoms with Gasteiger partial charge in [0, 0.05) is 34.1 Å². The molecule has 0 saturated heterocycles. The first-order chi connectivity index (χ1) is 11.8. The molecule has 2 aromatic heterocycles. The van der Waals surface area contributed by atoms with E-state index >= 15 is 0 Å². The molecule has 0 N–H and O–H groups in total. The van der Waals surface area contributed by atoms with Gasteiger partial charge in [0.25, 0.3) is 0 Å². The number of aromatic nitrogens is 2. The fourth-order valence-corrected chi connectivity index (χ4v) is 2.91. The first-order valence-electron chi connectivity index (χ1n) is 7.59. The van der Waals surface area contributed by atoms with Crippen molar-refractivity contribution in [3.05, 3.63) is 72.6 Å². The van der Waals surface area contributed by atoms with Gasteiger partial charge in [0.1, 0.15) is 0 Å².